The molecular weight excluding hydrogens is 320 g/mol. The first kappa shape index (κ1) is 17.5. The van der Waals surface area contributed by atoms with Crippen LogP contribution in [-0.4, -0.2) is 43.0 Å². The molecule has 3 rings (SSSR count). The Morgan fingerprint density at radius 1 is 1.32 bits per heavy atom. The lowest BCUT2D eigenvalue weighted by Gasteiger charge is -2.30. The molecule has 1 saturated carbocycles. The first-order valence-corrected chi connectivity index (χ1v) is 8.77. The zero-order chi connectivity index (χ0) is 17.9. The van der Waals surface area contributed by atoms with E-state index in [1.54, 1.807) is 18.2 Å². The summed E-state index contributed by atoms with van der Waals surface area (Å²) in [5, 5.41) is 23.1. The number of aromatic nitrogens is 4. The van der Waals surface area contributed by atoms with Crippen LogP contribution in [0.2, 0.25) is 0 Å². The molecule has 2 aromatic rings. The highest BCUT2D eigenvalue weighted by Gasteiger charge is 2.30. The van der Waals surface area contributed by atoms with Gasteiger partial charge in [-0.15, -0.1) is 10.2 Å². The molecule has 0 spiro atoms. The Kier molecular flexibility index (Phi) is 5.13. The highest BCUT2D eigenvalue weighted by Crippen LogP contribution is 2.29. The number of hydrogen-bond acceptors (Lipinski definition) is 6. The van der Waals surface area contributed by atoms with Crippen molar-refractivity contribution >= 4 is 5.97 Å². The molecular formula is C18H24N4O3. The van der Waals surface area contributed by atoms with Crippen LogP contribution in [0.5, 0.6) is 0 Å². The van der Waals surface area contributed by atoms with E-state index in [0.29, 0.717) is 23.5 Å². The second-order valence-electron chi connectivity index (χ2n) is 6.96. The number of aliphatic hydroxyl groups is 1. The molecule has 0 aliphatic heterocycles. The fourth-order valence-corrected chi connectivity index (χ4v) is 3.12. The Balaban J connectivity index is 1.74. The van der Waals surface area contributed by atoms with Crippen molar-refractivity contribution in [1.82, 2.24) is 20.2 Å². The van der Waals surface area contributed by atoms with Crippen LogP contribution in [0.15, 0.2) is 24.3 Å². The highest BCUT2D eigenvalue weighted by atomic mass is 16.5. The molecule has 0 saturated heterocycles. The predicted octanol–water partition coefficient (Wildman–Crippen LogP) is 2.60. The molecule has 25 heavy (non-hydrogen) atoms. The standard InChI is InChI=1S/C18H24N4O3/c1-13(2)25-17(23)15-8-6-7-14(11-15)16-19-21-22(20-16)12-18(24)9-4-3-5-10-18/h6-8,11,13,24H,3-5,9-10,12H2,1-2H3. The van der Waals surface area contributed by atoms with Crippen LogP contribution < -0.4 is 0 Å². The Bertz CT molecular complexity index is 735. The molecule has 1 aliphatic rings. The second-order valence-corrected chi connectivity index (χ2v) is 6.96. The number of tetrazole rings is 1. The molecule has 7 nitrogen and oxygen atoms in total. The van der Waals surface area contributed by atoms with E-state index >= 15 is 0 Å². The summed E-state index contributed by atoms with van der Waals surface area (Å²) in [5.74, 6) is 0.0550. The SMILES string of the molecule is CC(C)OC(=O)c1cccc(-c2nnn(CC3(O)CCCCC3)n2)c1. The zero-order valence-corrected chi connectivity index (χ0v) is 14.7. The number of esters is 1. The number of ether oxygens (including phenoxy) is 1. The Morgan fingerprint density at radius 3 is 2.80 bits per heavy atom. The normalized spacial score (nSPS) is 16.8. The molecule has 1 heterocycles. The van der Waals surface area contributed by atoms with E-state index in [4.69, 9.17) is 4.74 Å². The van der Waals surface area contributed by atoms with Crippen molar-refractivity contribution in [3.05, 3.63) is 29.8 Å². The van der Waals surface area contributed by atoms with Gasteiger partial charge in [0, 0.05) is 5.56 Å². The zero-order valence-electron chi connectivity index (χ0n) is 14.7. The van der Waals surface area contributed by atoms with Gasteiger partial charge in [-0.25, -0.2) is 4.79 Å². The lowest BCUT2D eigenvalue weighted by Crippen LogP contribution is -2.37. The van der Waals surface area contributed by atoms with Gasteiger partial charge in [-0.2, -0.15) is 4.80 Å². The maximum atomic E-state index is 12.0. The third kappa shape index (κ3) is 4.42. The van der Waals surface area contributed by atoms with Gasteiger partial charge < -0.3 is 9.84 Å². The molecule has 1 aromatic heterocycles. The van der Waals surface area contributed by atoms with Gasteiger partial charge >= 0.3 is 5.97 Å². The largest absolute Gasteiger partial charge is 0.459 e. The predicted molar refractivity (Wildman–Crippen MR) is 91.8 cm³/mol. The minimum absolute atomic E-state index is 0.175. The van der Waals surface area contributed by atoms with Crippen molar-refractivity contribution in [2.75, 3.05) is 0 Å². The first-order valence-electron chi connectivity index (χ1n) is 8.77. The van der Waals surface area contributed by atoms with Crippen LogP contribution >= 0.6 is 0 Å². The van der Waals surface area contributed by atoms with Gasteiger partial charge in [-0.05, 0) is 44.0 Å². The van der Waals surface area contributed by atoms with Crippen LogP contribution in [-0.2, 0) is 11.3 Å². The minimum Gasteiger partial charge on any atom is -0.459 e. The van der Waals surface area contributed by atoms with E-state index in [1.165, 1.54) is 4.80 Å². The van der Waals surface area contributed by atoms with E-state index < -0.39 is 5.60 Å². The van der Waals surface area contributed by atoms with Crippen LogP contribution in [0, 0.1) is 0 Å². The summed E-state index contributed by atoms with van der Waals surface area (Å²) in [6.45, 7) is 3.96. The van der Waals surface area contributed by atoms with E-state index in [1.807, 2.05) is 19.9 Å². The molecule has 7 heteroatoms. The number of nitrogens with zero attached hydrogens (tertiary/aromatic N) is 4. The van der Waals surface area contributed by atoms with Gasteiger partial charge in [0.15, 0.2) is 0 Å². The molecule has 134 valence electrons. The topological polar surface area (TPSA) is 90.1 Å². The average molecular weight is 344 g/mol. The summed E-state index contributed by atoms with van der Waals surface area (Å²) in [6.07, 6.45) is 4.57. The fourth-order valence-electron chi connectivity index (χ4n) is 3.12. The van der Waals surface area contributed by atoms with Crippen molar-refractivity contribution in [1.29, 1.82) is 0 Å². The monoisotopic (exact) mass is 344 g/mol. The van der Waals surface area contributed by atoms with Crippen LogP contribution in [0.4, 0.5) is 0 Å². The molecule has 1 N–H and O–H groups in total. The van der Waals surface area contributed by atoms with E-state index in [2.05, 4.69) is 15.4 Å². The lowest BCUT2D eigenvalue weighted by molar-refractivity contribution is -0.0179. The highest BCUT2D eigenvalue weighted by molar-refractivity contribution is 5.90. The van der Waals surface area contributed by atoms with Gasteiger partial charge in [-0.1, -0.05) is 31.4 Å². The fraction of sp³-hybridized carbons (Fsp3) is 0.556. The van der Waals surface area contributed by atoms with Crippen LogP contribution in [0.3, 0.4) is 0 Å². The van der Waals surface area contributed by atoms with Gasteiger partial charge in [0.2, 0.25) is 5.82 Å². The Hall–Kier alpha value is -2.28. The first-order chi connectivity index (χ1) is 12.0. The maximum absolute atomic E-state index is 12.0. The molecule has 0 radical (unpaired) electrons. The minimum atomic E-state index is -0.751. The summed E-state index contributed by atoms with van der Waals surface area (Å²) in [6, 6.07) is 6.98. The van der Waals surface area contributed by atoms with Gasteiger partial charge in [0.05, 0.1) is 23.8 Å². The molecule has 0 atom stereocenters. The Morgan fingerprint density at radius 2 is 2.08 bits per heavy atom. The molecule has 1 aromatic carbocycles. The van der Waals surface area contributed by atoms with Crippen molar-refractivity contribution in [3.8, 4) is 11.4 Å². The van der Waals surface area contributed by atoms with Gasteiger partial charge in [0.25, 0.3) is 0 Å². The molecule has 0 amide bonds. The number of hydrogen-bond donors (Lipinski definition) is 1. The summed E-state index contributed by atoms with van der Waals surface area (Å²) < 4.78 is 5.21. The summed E-state index contributed by atoms with van der Waals surface area (Å²) in [5.41, 5.74) is 0.396. The summed E-state index contributed by atoms with van der Waals surface area (Å²) in [7, 11) is 0. The second kappa shape index (κ2) is 7.31. The van der Waals surface area contributed by atoms with Crippen molar-refractivity contribution in [2.24, 2.45) is 0 Å². The van der Waals surface area contributed by atoms with E-state index in [0.717, 1.165) is 32.1 Å². The lowest BCUT2D eigenvalue weighted by atomic mass is 9.85. The number of rotatable bonds is 5. The van der Waals surface area contributed by atoms with Crippen LogP contribution in [0.25, 0.3) is 11.4 Å². The van der Waals surface area contributed by atoms with Gasteiger partial charge in [0.1, 0.15) is 0 Å². The smallest absolute Gasteiger partial charge is 0.338 e. The van der Waals surface area contributed by atoms with E-state index in [-0.39, 0.29) is 12.1 Å². The quantitative estimate of drug-likeness (QED) is 0.839. The summed E-state index contributed by atoms with van der Waals surface area (Å²) >= 11 is 0. The third-order valence-corrected chi connectivity index (χ3v) is 4.37. The molecule has 1 fully saturated rings. The Labute approximate surface area is 147 Å². The van der Waals surface area contributed by atoms with Crippen molar-refractivity contribution in [2.45, 2.75) is 64.2 Å². The van der Waals surface area contributed by atoms with Gasteiger partial charge in [-0.3, -0.25) is 0 Å². The number of carbonyl (C=O) groups excluding carboxylic acids is 1. The molecule has 0 unspecified atom stereocenters. The van der Waals surface area contributed by atoms with E-state index in [9.17, 15) is 9.90 Å². The molecule has 1 aliphatic carbocycles. The number of carbonyl (C=O) groups is 1. The average Bonchev–Trinajstić information content (AvgIpc) is 3.03. The number of benzene rings is 1. The summed E-state index contributed by atoms with van der Waals surface area (Å²) in [4.78, 5) is 13.5. The maximum Gasteiger partial charge on any atom is 0.338 e. The van der Waals surface area contributed by atoms with Crippen LogP contribution in [0.1, 0.15) is 56.3 Å². The van der Waals surface area contributed by atoms with Crippen molar-refractivity contribution < 1.29 is 14.6 Å². The van der Waals surface area contributed by atoms with Crippen molar-refractivity contribution in [3.63, 3.8) is 0 Å². The third-order valence-electron chi connectivity index (χ3n) is 4.37. The molecule has 0 bridgehead atoms.